The van der Waals surface area contributed by atoms with Gasteiger partial charge in [0, 0.05) is 16.1 Å². The van der Waals surface area contributed by atoms with Crippen LogP contribution in [0.3, 0.4) is 0 Å². The summed E-state index contributed by atoms with van der Waals surface area (Å²) in [6.07, 6.45) is 0. The third-order valence-electron chi connectivity index (χ3n) is 3.12. The van der Waals surface area contributed by atoms with Crippen LogP contribution in [0, 0.1) is 13.8 Å². The first-order valence-electron chi connectivity index (χ1n) is 5.72. The Morgan fingerprint density at radius 2 is 1.84 bits per heavy atom. The van der Waals surface area contributed by atoms with E-state index in [9.17, 15) is 0 Å². The van der Waals surface area contributed by atoms with Crippen molar-refractivity contribution in [2.45, 2.75) is 13.8 Å². The summed E-state index contributed by atoms with van der Waals surface area (Å²) in [5.74, 6) is 0.627. The van der Waals surface area contributed by atoms with E-state index in [1.54, 1.807) is 4.52 Å². The number of rotatable bonds is 1. The molecule has 0 aliphatic carbocycles. The van der Waals surface area contributed by atoms with Gasteiger partial charge in [0.05, 0.1) is 0 Å². The van der Waals surface area contributed by atoms with Gasteiger partial charge in [-0.05, 0) is 31.5 Å². The van der Waals surface area contributed by atoms with Crippen LogP contribution in [0.2, 0.25) is 10.2 Å². The van der Waals surface area contributed by atoms with Gasteiger partial charge < -0.3 is 0 Å². The molecular weight excluding hydrogens is 283 g/mol. The lowest BCUT2D eigenvalue weighted by Gasteiger charge is -2.05. The maximum Gasteiger partial charge on any atom is 0.185 e. The topological polar surface area (TPSA) is 43.1 Å². The molecule has 0 aliphatic heterocycles. The predicted molar refractivity (Wildman–Crippen MR) is 75.7 cm³/mol. The molecule has 0 unspecified atom stereocenters. The van der Waals surface area contributed by atoms with E-state index < -0.39 is 0 Å². The van der Waals surface area contributed by atoms with Gasteiger partial charge in [-0.2, -0.15) is 9.61 Å². The van der Waals surface area contributed by atoms with Gasteiger partial charge in [0.25, 0.3) is 0 Å². The Bertz CT molecular complexity index is 780. The molecule has 0 radical (unpaired) electrons. The van der Waals surface area contributed by atoms with Crippen molar-refractivity contribution in [2.24, 2.45) is 0 Å². The standard InChI is InChI=1S/C13H10Cl2N4/c1-7-8(2)12-16-17-13(19(12)18-11(7)15)9-4-3-5-10(14)6-9/h3-6H,1-2H3. The lowest BCUT2D eigenvalue weighted by atomic mass is 10.2. The number of aryl methyl sites for hydroxylation is 1. The minimum absolute atomic E-state index is 0.452. The molecule has 0 bridgehead atoms. The molecule has 0 atom stereocenters. The van der Waals surface area contributed by atoms with Gasteiger partial charge in [-0.25, -0.2) is 0 Å². The van der Waals surface area contributed by atoms with E-state index in [-0.39, 0.29) is 0 Å². The van der Waals surface area contributed by atoms with Crippen molar-refractivity contribution >= 4 is 28.8 Å². The van der Waals surface area contributed by atoms with E-state index in [2.05, 4.69) is 15.3 Å². The minimum atomic E-state index is 0.452. The molecule has 19 heavy (non-hydrogen) atoms. The van der Waals surface area contributed by atoms with Crippen molar-refractivity contribution in [3.8, 4) is 11.4 Å². The zero-order valence-electron chi connectivity index (χ0n) is 10.4. The molecule has 0 saturated carbocycles. The summed E-state index contributed by atoms with van der Waals surface area (Å²) in [7, 11) is 0. The quantitative estimate of drug-likeness (QED) is 0.687. The van der Waals surface area contributed by atoms with E-state index in [1.807, 2.05) is 38.1 Å². The van der Waals surface area contributed by atoms with Crippen molar-refractivity contribution in [3.05, 3.63) is 45.6 Å². The number of benzene rings is 1. The molecule has 3 rings (SSSR count). The number of aromatic nitrogens is 4. The zero-order valence-corrected chi connectivity index (χ0v) is 11.9. The summed E-state index contributed by atoms with van der Waals surface area (Å²) in [4.78, 5) is 0. The Balaban J connectivity index is 2.32. The molecule has 3 aromatic rings. The Kier molecular flexibility index (Phi) is 2.92. The number of fused-ring (bicyclic) bond motifs is 1. The molecule has 0 amide bonds. The first kappa shape index (κ1) is 12.4. The third-order valence-corrected chi connectivity index (χ3v) is 3.71. The summed E-state index contributed by atoms with van der Waals surface area (Å²) in [5.41, 5.74) is 3.45. The summed E-state index contributed by atoms with van der Waals surface area (Å²) < 4.78 is 1.65. The van der Waals surface area contributed by atoms with Crippen molar-refractivity contribution < 1.29 is 0 Å². The molecule has 2 heterocycles. The number of hydrogen-bond acceptors (Lipinski definition) is 3. The zero-order chi connectivity index (χ0) is 13.6. The molecule has 0 N–H and O–H groups in total. The minimum Gasteiger partial charge on any atom is -0.191 e. The molecule has 0 aliphatic rings. The highest BCUT2D eigenvalue weighted by Gasteiger charge is 2.14. The molecule has 1 aromatic carbocycles. The van der Waals surface area contributed by atoms with Crippen molar-refractivity contribution in [2.75, 3.05) is 0 Å². The molecule has 96 valence electrons. The van der Waals surface area contributed by atoms with Crippen LogP contribution < -0.4 is 0 Å². The maximum absolute atomic E-state index is 6.13. The first-order chi connectivity index (χ1) is 9.08. The second-order valence-corrected chi connectivity index (χ2v) is 5.10. The van der Waals surface area contributed by atoms with Gasteiger partial charge in [-0.3, -0.25) is 0 Å². The molecule has 4 nitrogen and oxygen atoms in total. The molecular formula is C13H10Cl2N4. The van der Waals surface area contributed by atoms with Gasteiger partial charge in [-0.1, -0.05) is 35.3 Å². The van der Waals surface area contributed by atoms with Crippen LogP contribution in [0.4, 0.5) is 0 Å². The fourth-order valence-corrected chi connectivity index (χ4v) is 2.31. The summed E-state index contributed by atoms with van der Waals surface area (Å²) in [6, 6.07) is 7.40. The van der Waals surface area contributed by atoms with E-state index in [4.69, 9.17) is 23.2 Å². The normalized spacial score (nSPS) is 11.2. The average Bonchev–Trinajstić information content (AvgIpc) is 2.80. The van der Waals surface area contributed by atoms with Gasteiger partial charge in [0.15, 0.2) is 16.6 Å². The van der Waals surface area contributed by atoms with Gasteiger partial charge >= 0.3 is 0 Å². The Morgan fingerprint density at radius 3 is 2.58 bits per heavy atom. The van der Waals surface area contributed by atoms with Gasteiger partial charge in [0.2, 0.25) is 0 Å². The molecule has 0 spiro atoms. The number of hydrogen-bond donors (Lipinski definition) is 0. The molecule has 2 aromatic heterocycles. The maximum atomic E-state index is 6.13. The summed E-state index contributed by atoms with van der Waals surface area (Å²) in [6.45, 7) is 3.87. The van der Waals surface area contributed by atoms with Crippen LogP contribution in [0.25, 0.3) is 17.0 Å². The first-order valence-corrected chi connectivity index (χ1v) is 6.47. The second kappa shape index (κ2) is 4.47. The Morgan fingerprint density at radius 1 is 1.05 bits per heavy atom. The SMILES string of the molecule is Cc1c(Cl)nn2c(-c3cccc(Cl)c3)nnc2c1C. The monoisotopic (exact) mass is 292 g/mol. The van der Waals surface area contributed by atoms with Gasteiger partial charge in [0.1, 0.15) is 0 Å². The Hall–Kier alpha value is -1.65. The fourth-order valence-electron chi connectivity index (χ4n) is 1.90. The van der Waals surface area contributed by atoms with Crippen LogP contribution >= 0.6 is 23.2 Å². The van der Waals surface area contributed by atoms with Crippen molar-refractivity contribution in [3.63, 3.8) is 0 Å². The molecule has 6 heteroatoms. The highest BCUT2D eigenvalue weighted by molar-refractivity contribution is 6.31. The van der Waals surface area contributed by atoms with E-state index in [0.29, 0.717) is 21.6 Å². The second-order valence-electron chi connectivity index (χ2n) is 4.31. The highest BCUT2D eigenvalue weighted by Crippen LogP contribution is 2.25. The third kappa shape index (κ3) is 1.97. The summed E-state index contributed by atoms with van der Waals surface area (Å²) >= 11 is 12.1. The molecule has 0 fully saturated rings. The predicted octanol–water partition coefficient (Wildman–Crippen LogP) is 3.71. The van der Waals surface area contributed by atoms with E-state index in [1.165, 1.54) is 0 Å². The number of halogens is 2. The van der Waals surface area contributed by atoms with Crippen LogP contribution in [0.1, 0.15) is 11.1 Å². The highest BCUT2D eigenvalue weighted by atomic mass is 35.5. The van der Waals surface area contributed by atoms with Crippen molar-refractivity contribution in [1.82, 2.24) is 19.8 Å². The van der Waals surface area contributed by atoms with Crippen LogP contribution in [0.5, 0.6) is 0 Å². The van der Waals surface area contributed by atoms with Crippen LogP contribution in [-0.4, -0.2) is 19.8 Å². The van der Waals surface area contributed by atoms with Crippen molar-refractivity contribution in [1.29, 1.82) is 0 Å². The number of nitrogens with zero attached hydrogens (tertiary/aromatic N) is 4. The lowest BCUT2D eigenvalue weighted by molar-refractivity contribution is 0.919. The van der Waals surface area contributed by atoms with E-state index in [0.717, 1.165) is 16.7 Å². The lowest BCUT2D eigenvalue weighted by Crippen LogP contribution is -2.00. The average molecular weight is 293 g/mol. The summed E-state index contributed by atoms with van der Waals surface area (Å²) in [5, 5.41) is 13.8. The largest absolute Gasteiger partial charge is 0.191 e. The van der Waals surface area contributed by atoms with Crippen LogP contribution in [0.15, 0.2) is 24.3 Å². The fraction of sp³-hybridized carbons (Fsp3) is 0.154. The smallest absolute Gasteiger partial charge is 0.185 e. The molecule has 0 saturated heterocycles. The van der Waals surface area contributed by atoms with E-state index >= 15 is 0 Å². The Labute approximate surface area is 120 Å². The van der Waals surface area contributed by atoms with Gasteiger partial charge in [-0.15, -0.1) is 10.2 Å². The van der Waals surface area contributed by atoms with Crippen LogP contribution in [-0.2, 0) is 0 Å².